The number of nitrogens with one attached hydrogen (secondary N) is 2. The lowest BCUT2D eigenvalue weighted by Crippen LogP contribution is -2.41. The van der Waals surface area contributed by atoms with E-state index in [1.807, 2.05) is 60.7 Å². The molecule has 1 amide bonds. The summed E-state index contributed by atoms with van der Waals surface area (Å²) >= 11 is 12.2. The van der Waals surface area contributed by atoms with Crippen LogP contribution in [0.1, 0.15) is 5.56 Å². The van der Waals surface area contributed by atoms with Crippen molar-refractivity contribution in [2.24, 2.45) is 0 Å². The molecule has 0 aliphatic rings. The number of halogens is 2. The van der Waals surface area contributed by atoms with Gasteiger partial charge < -0.3 is 15.4 Å². The Morgan fingerprint density at radius 1 is 1.04 bits per heavy atom. The second-order valence-corrected chi connectivity index (χ2v) is 7.87. The average Bonchev–Trinajstić information content (AvgIpc) is 2.66. The Labute approximate surface area is 179 Å². The Kier molecular flexibility index (Phi) is 6.82. The molecular formula is C20H16Br2N2O2S. The molecule has 7 heteroatoms. The van der Waals surface area contributed by atoms with Crippen LogP contribution in [0, 0.1) is 0 Å². The van der Waals surface area contributed by atoms with Crippen LogP contribution in [-0.4, -0.2) is 17.6 Å². The molecule has 0 saturated heterocycles. The van der Waals surface area contributed by atoms with Crippen LogP contribution in [0.5, 0.6) is 5.75 Å². The zero-order valence-electron chi connectivity index (χ0n) is 14.2. The minimum absolute atomic E-state index is 0.131. The molecule has 3 aromatic carbocycles. The van der Waals surface area contributed by atoms with Gasteiger partial charge in [-0.2, -0.15) is 0 Å². The van der Waals surface area contributed by atoms with Crippen LogP contribution in [0.25, 0.3) is 10.8 Å². The SMILES string of the molecule is O=C(COc1ccc2cc(Br)ccc2c1Br)NC(=S)NCc1ccccc1. The fourth-order valence-corrected chi connectivity index (χ4v) is 3.66. The van der Waals surface area contributed by atoms with Crippen molar-refractivity contribution in [3.8, 4) is 5.75 Å². The number of fused-ring (bicyclic) bond motifs is 1. The van der Waals surface area contributed by atoms with E-state index in [1.165, 1.54) is 0 Å². The minimum atomic E-state index is -0.316. The number of hydrogen-bond acceptors (Lipinski definition) is 3. The van der Waals surface area contributed by atoms with E-state index in [9.17, 15) is 4.79 Å². The summed E-state index contributed by atoms with van der Waals surface area (Å²) in [5, 5.41) is 7.97. The molecule has 0 heterocycles. The summed E-state index contributed by atoms with van der Waals surface area (Å²) in [5.74, 6) is 0.284. The molecule has 0 aliphatic heterocycles. The zero-order valence-corrected chi connectivity index (χ0v) is 18.2. The van der Waals surface area contributed by atoms with Crippen molar-refractivity contribution in [1.29, 1.82) is 0 Å². The number of amides is 1. The smallest absolute Gasteiger partial charge is 0.264 e. The molecule has 0 aliphatic carbocycles. The highest BCUT2D eigenvalue weighted by atomic mass is 79.9. The van der Waals surface area contributed by atoms with Crippen LogP contribution in [0.4, 0.5) is 0 Å². The van der Waals surface area contributed by atoms with Crippen LogP contribution in [-0.2, 0) is 11.3 Å². The van der Waals surface area contributed by atoms with E-state index < -0.39 is 0 Å². The van der Waals surface area contributed by atoms with Crippen molar-refractivity contribution >= 4 is 65.9 Å². The summed E-state index contributed by atoms with van der Waals surface area (Å²) < 4.78 is 7.46. The Bertz CT molecular complexity index is 980. The van der Waals surface area contributed by atoms with Crippen molar-refractivity contribution in [1.82, 2.24) is 10.6 Å². The fraction of sp³-hybridized carbons (Fsp3) is 0.100. The monoisotopic (exact) mass is 506 g/mol. The maximum absolute atomic E-state index is 12.1. The van der Waals surface area contributed by atoms with Gasteiger partial charge in [-0.3, -0.25) is 4.79 Å². The molecule has 27 heavy (non-hydrogen) atoms. The molecule has 4 nitrogen and oxygen atoms in total. The Morgan fingerprint density at radius 2 is 1.81 bits per heavy atom. The Morgan fingerprint density at radius 3 is 2.59 bits per heavy atom. The highest BCUT2D eigenvalue weighted by Gasteiger charge is 2.10. The van der Waals surface area contributed by atoms with Gasteiger partial charge in [-0.25, -0.2) is 0 Å². The van der Waals surface area contributed by atoms with Gasteiger partial charge in [0.15, 0.2) is 11.7 Å². The first-order valence-corrected chi connectivity index (χ1v) is 10.1. The largest absolute Gasteiger partial charge is 0.483 e. The number of thiocarbonyl (C=S) groups is 1. The Hall–Kier alpha value is -1.96. The van der Waals surface area contributed by atoms with Gasteiger partial charge in [0.1, 0.15) is 5.75 Å². The number of hydrogen-bond donors (Lipinski definition) is 2. The summed E-state index contributed by atoms with van der Waals surface area (Å²) in [5.41, 5.74) is 1.08. The molecule has 0 bridgehead atoms. The highest BCUT2D eigenvalue weighted by Crippen LogP contribution is 2.34. The van der Waals surface area contributed by atoms with Crippen molar-refractivity contribution in [3.63, 3.8) is 0 Å². The van der Waals surface area contributed by atoms with Gasteiger partial charge in [0.05, 0.1) is 4.47 Å². The van der Waals surface area contributed by atoms with Gasteiger partial charge in [-0.1, -0.05) is 58.4 Å². The van der Waals surface area contributed by atoms with E-state index >= 15 is 0 Å². The molecule has 0 spiro atoms. The molecule has 0 aromatic heterocycles. The van der Waals surface area contributed by atoms with Gasteiger partial charge in [0.25, 0.3) is 5.91 Å². The summed E-state index contributed by atoms with van der Waals surface area (Å²) in [6.45, 7) is 0.417. The summed E-state index contributed by atoms with van der Waals surface area (Å²) in [6, 6.07) is 19.6. The topological polar surface area (TPSA) is 50.4 Å². The number of carbonyl (C=O) groups is 1. The summed E-state index contributed by atoms with van der Waals surface area (Å²) in [7, 11) is 0. The third-order valence-corrected chi connectivity index (χ3v) is 5.35. The van der Waals surface area contributed by atoms with E-state index in [4.69, 9.17) is 17.0 Å². The predicted molar refractivity (Wildman–Crippen MR) is 119 cm³/mol. The molecule has 0 unspecified atom stereocenters. The number of carbonyl (C=O) groups excluding carboxylic acids is 1. The molecule has 0 saturated carbocycles. The summed E-state index contributed by atoms with van der Waals surface area (Å²) in [6.07, 6.45) is 0. The quantitative estimate of drug-likeness (QED) is 0.480. The first-order valence-electron chi connectivity index (χ1n) is 8.15. The number of benzene rings is 3. The second kappa shape index (κ2) is 9.30. The van der Waals surface area contributed by atoms with Crippen LogP contribution in [0.2, 0.25) is 0 Å². The van der Waals surface area contributed by atoms with Gasteiger partial charge in [-0.15, -0.1) is 0 Å². The van der Waals surface area contributed by atoms with Gasteiger partial charge in [-0.05, 0) is 62.7 Å². The van der Waals surface area contributed by atoms with Crippen molar-refractivity contribution in [3.05, 3.63) is 75.2 Å². The number of rotatable bonds is 5. The van der Waals surface area contributed by atoms with E-state index in [0.717, 1.165) is 25.3 Å². The normalized spacial score (nSPS) is 10.4. The van der Waals surface area contributed by atoms with E-state index in [-0.39, 0.29) is 17.6 Å². The van der Waals surface area contributed by atoms with Crippen molar-refractivity contribution in [2.75, 3.05) is 6.61 Å². The van der Waals surface area contributed by atoms with Gasteiger partial charge in [0, 0.05) is 11.0 Å². The van der Waals surface area contributed by atoms with Crippen molar-refractivity contribution in [2.45, 2.75) is 6.54 Å². The molecule has 0 fully saturated rings. The van der Waals surface area contributed by atoms with E-state index in [2.05, 4.69) is 42.5 Å². The molecule has 138 valence electrons. The van der Waals surface area contributed by atoms with E-state index in [0.29, 0.717) is 12.3 Å². The van der Waals surface area contributed by atoms with Crippen molar-refractivity contribution < 1.29 is 9.53 Å². The average molecular weight is 508 g/mol. The van der Waals surface area contributed by atoms with Crippen LogP contribution in [0.3, 0.4) is 0 Å². The molecule has 0 atom stereocenters. The first-order chi connectivity index (χ1) is 13.0. The van der Waals surface area contributed by atoms with Crippen LogP contribution < -0.4 is 15.4 Å². The lowest BCUT2D eigenvalue weighted by atomic mass is 10.1. The Balaban J connectivity index is 1.53. The maximum atomic E-state index is 12.1. The maximum Gasteiger partial charge on any atom is 0.264 e. The second-order valence-electron chi connectivity index (χ2n) is 5.75. The third kappa shape index (κ3) is 5.51. The molecular weight excluding hydrogens is 492 g/mol. The van der Waals surface area contributed by atoms with Gasteiger partial charge in [0.2, 0.25) is 0 Å². The standard InChI is InChI=1S/C20H16Br2N2O2S/c21-15-7-8-16-14(10-15)6-9-17(19(16)22)26-12-18(25)24-20(27)23-11-13-4-2-1-3-5-13/h1-10H,11-12H2,(H2,23,24,25,27). The third-order valence-electron chi connectivity index (χ3n) is 3.79. The number of ether oxygens (including phenoxy) is 1. The fourth-order valence-electron chi connectivity index (χ4n) is 2.48. The van der Waals surface area contributed by atoms with E-state index in [1.54, 1.807) is 0 Å². The molecule has 3 aromatic rings. The zero-order chi connectivity index (χ0) is 19.2. The van der Waals surface area contributed by atoms with Gasteiger partial charge >= 0.3 is 0 Å². The lowest BCUT2D eigenvalue weighted by molar-refractivity contribution is -0.121. The molecule has 0 radical (unpaired) electrons. The first kappa shape index (κ1) is 19.8. The molecule has 3 rings (SSSR count). The highest BCUT2D eigenvalue weighted by molar-refractivity contribution is 9.11. The molecule has 2 N–H and O–H groups in total. The minimum Gasteiger partial charge on any atom is -0.483 e. The predicted octanol–water partition coefficient (Wildman–Crippen LogP) is 4.93. The van der Waals surface area contributed by atoms with Crippen LogP contribution >= 0.6 is 44.1 Å². The summed E-state index contributed by atoms with van der Waals surface area (Å²) in [4.78, 5) is 12.1. The lowest BCUT2D eigenvalue weighted by Gasteiger charge is -2.12. The van der Waals surface area contributed by atoms with Crippen LogP contribution in [0.15, 0.2) is 69.6 Å².